The topological polar surface area (TPSA) is 248 Å². The Morgan fingerprint density at radius 1 is 0.616 bits per heavy atom. The number of hydrogen-bond donors (Lipinski definition) is 4. The van der Waals surface area contributed by atoms with E-state index in [2.05, 4.69) is 20.9 Å². The highest BCUT2D eigenvalue weighted by atomic mass is 35.5. The van der Waals surface area contributed by atoms with Crippen LogP contribution in [-0.2, 0) is 60.7 Å². The summed E-state index contributed by atoms with van der Waals surface area (Å²) in [7, 11) is 5.65. The first-order valence-corrected chi connectivity index (χ1v) is 30.7. The van der Waals surface area contributed by atoms with Crippen molar-refractivity contribution in [3.63, 3.8) is 0 Å². The number of ether oxygens (including phenoxy) is 1. The van der Waals surface area contributed by atoms with E-state index >= 15 is 19.2 Å². The van der Waals surface area contributed by atoms with Gasteiger partial charge in [0, 0.05) is 65.3 Å². The molecule has 20 nitrogen and oxygen atoms in total. The molecule has 3 aromatic rings. The van der Waals surface area contributed by atoms with Crippen molar-refractivity contribution in [1.29, 1.82) is 0 Å². The van der Waals surface area contributed by atoms with E-state index in [1.54, 1.807) is 85.0 Å². The van der Waals surface area contributed by atoms with Crippen LogP contribution in [-0.4, -0.2) is 183 Å². The van der Waals surface area contributed by atoms with E-state index in [-0.39, 0.29) is 38.1 Å². The van der Waals surface area contributed by atoms with Crippen molar-refractivity contribution in [2.45, 2.75) is 188 Å². The Bertz CT molecular complexity index is 2850. The highest BCUT2D eigenvalue weighted by Crippen LogP contribution is 2.29. The number of aromatic nitrogens is 1. The number of cyclic esters (lactones) is 1. The molecule has 2 unspecified atom stereocenters. The number of pyridine rings is 1. The summed E-state index contributed by atoms with van der Waals surface area (Å²) in [5.41, 5.74) is 0.961. The molecule has 2 fully saturated rings. The first-order valence-electron chi connectivity index (χ1n) is 30.3. The van der Waals surface area contributed by atoms with Crippen LogP contribution in [0.5, 0.6) is 0 Å². The quantitative estimate of drug-likeness (QED) is 0.106. The van der Waals surface area contributed by atoms with Crippen molar-refractivity contribution >= 4 is 64.8 Å². The van der Waals surface area contributed by atoms with Gasteiger partial charge in [-0.3, -0.25) is 38.4 Å². The fraction of sp³-hybridized carbons (Fsp3) is 0.600. The minimum absolute atomic E-state index is 0.0240. The Hall–Kier alpha value is -6.93. The molecule has 3 heterocycles. The normalized spacial score (nSPS) is 25.3. The van der Waals surface area contributed by atoms with Gasteiger partial charge in [-0.05, 0) is 92.0 Å². The Kier molecular flexibility index (Phi) is 24.9. The van der Waals surface area contributed by atoms with Gasteiger partial charge in [0.05, 0.1) is 5.60 Å². The zero-order chi connectivity index (χ0) is 64.2. The third-order valence-corrected chi connectivity index (χ3v) is 17.2. The van der Waals surface area contributed by atoms with Crippen molar-refractivity contribution in [2.24, 2.45) is 29.6 Å². The highest BCUT2D eigenvalue weighted by molar-refractivity contribution is 6.29. The van der Waals surface area contributed by atoms with Gasteiger partial charge in [-0.2, -0.15) is 0 Å². The molecule has 2 aliphatic heterocycles. The Labute approximate surface area is 513 Å². The van der Waals surface area contributed by atoms with Gasteiger partial charge in [-0.25, -0.2) is 9.78 Å². The highest BCUT2D eigenvalue weighted by Gasteiger charge is 2.48. The SMILES string of the molecule is CCC(C)[C@@H]1NC(=O)[C@@H]2CCCN2C(=O)[C@H](Cc2ccc(-c3ccc(Cl)nc3)cc2)N(C)C(=O)[C@H](Cc2ccccc2)NC(=O)[C@H](C(C)C)N(C)C(=O)[C@@H](C(C)CC)OC(=O)[C@H](C(C)(C)O)N(C)C(=O)[C@H](CC(C)C)NC(=O)[C@H](C(C)C)N(C)C1=O. The molecule has 1 aromatic heterocycles. The monoisotopic (exact) mass is 1210 g/mol. The summed E-state index contributed by atoms with van der Waals surface area (Å²) in [5, 5.41) is 20.9. The third-order valence-electron chi connectivity index (χ3n) is 17.0. The van der Waals surface area contributed by atoms with E-state index in [1.165, 1.54) is 61.6 Å². The van der Waals surface area contributed by atoms with E-state index < -0.39 is 137 Å². The predicted molar refractivity (Wildman–Crippen MR) is 330 cm³/mol. The second kappa shape index (κ2) is 30.6. The number of hydrogen-bond acceptors (Lipinski definition) is 12. The molecule has 5 rings (SSSR count). The Balaban J connectivity index is 1.71. The predicted octanol–water partition coefficient (Wildman–Crippen LogP) is 6.09. The average molecular weight is 1210 g/mol. The number of carbonyl (C=O) groups excluding carboxylic acids is 9. The second-order valence-electron chi connectivity index (χ2n) is 25.3. The number of nitrogens with zero attached hydrogens (tertiary/aromatic N) is 6. The molecule has 86 heavy (non-hydrogen) atoms. The molecule has 21 heteroatoms. The van der Waals surface area contributed by atoms with Gasteiger partial charge in [0.1, 0.15) is 47.4 Å². The van der Waals surface area contributed by atoms with Gasteiger partial charge in [-0.15, -0.1) is 0 Å². The lowest BCUT2D eigenvalue weighted by Crippen LogP contribution is -2.63. The van der Waals surface area contributed by atoms with Crippen molar-refractivity contribution in [3.8, 4) is 11.1 Å². The summed E-state index contributed by atoms with van der Waals surface area (Å²) in [6, 6.07) is 9.59. The van der Waals surface area contributed by atoms with Gasteiger partial charge in [0.15, 0.2) is 12.1 Å². The number of likely N-dealkylation sites (N-methyl/N-ethyl adjacent to an activating group) is 4. The third kappa shape index (κ3) is 17.2. The van der Waals surface area contributed by atoms with E-state index in [0.717, 1.165) is 16.0 Å². The number of benzene rings is 2. The van der Waals surface area contributed by atoms with E-state index in [4.69, 9.17) is 16.3 Å². The van der Waals surface area contributed by atoms with E-state index in [1.807, 2.05) is 57.2 Å². The first-order chi connectivity index (χ1) is 40.3. The molecule has 0 bridgehead atoms. The number of esters is 1. The van der Waals surface area contributed by atoms with Crippen LogP contribution in [0.1, 0.15) is 126 Å². The van der Waals surface area contributed by atoms with Gasteiger partial charge in [0.2, 0.25) is 41.4 Å². The molecule has 4 N–H and O–H groups in total. The first kappa shape index (κ1) is 69.8. The summed E-state index contributed by atoms with van der Waals surface area (Å²) in [6.45, 7) is 20.6. The van der Waals surface area contributed by atoms with Gasteiger partial charge < -0.3 is 50.3 Å². The molecule has 0 saturated carbocycles. The molecule has 472 valence electrons. The number of rotatable bonds is 14. The minimum Gasteiger partial charge on any atom is -0.450 e. The zero-order valence-corrected chi connectivity index (χ0v) is 54.0. The molecule has 11 atom stereocenters. The summed E-state index contributed by atoms with van der Waals surface area (Å²) in [6.07, 6.45) is 1.52. The molecule has 8 amide bonds. The van der Waals surface area contributed by atoms with E-state index in [0.29, 0.717) is 35.5 Å². The summed E-state index contributed by atoms with van der Waals surface area (Å²) in [4.78, 5) is 146. The van der Waals surface area contributed by atoms with Crippen LogP contribution < -0.4 is 16.0 Å². The fourth-order valence-electron chi connectivity index (χ4n) is 11.7. The van der Waals surface area contributed by atoms with Crippen molar-refractivity contribution in [1.82, 2.24) is 45.4 Å². The van der Waals surface area contributed by atoms with Crippen LogP contribution in [0.3, 0.4) is 0 Å². The van der Waals surface area contributed by atoms with E-state index in [9.17, 15) is 29.1 Å². The maximum absolute atomic E-state index is 15.6. The van der Waals surface area contributed by atoms with Crippen LogP contribution in [0.4, 0.5) is 0 Å². The number of carbonyl (C=O) groups is 9. The van der Waals surface area contributed by atoms with Gasteiger partial charge >= 0.3 is 5.97 Å². The van der Waals surface area contributed by atoms with Crippen LogP contribution in [0.25, 0.3) is 11.1 Å². The van der Waals surface area contributed by atoms with Crippen LogP contribution in [0.2, 0.25) is 5.15 Å². The van der Waals surface area contributed by atoms with Gasteiger partial charge in [-0.1, -0.05) is 142 Å². The lowest BCUT2D eigenvalue weighted by atomic mass is 9.93. The molecule has 0 aliphatic carbocycles. The number of nitrogens with one attached hydrogen (secondary N) is 3. The van der Waals surface area contributed by atoms with Crippen molar-refractivity contribution in [3.05, 3.63) is 89.2 Å². The number of aliphatic hydroxyl groups is 1. The zero-order valence-electron chi connectivity index (χ0n) is 53.3. The second-order valence-corrected chi connectivity index (χ2v) is 25.7. The lowest BCUT2D eigenvalue weighted by molar-refractivity contribution is -0.177. The van der Waals surface area contributed by atoms with Crippen LogP contribution in [0, 0.1) is 29.6 Å². The average Bonchev–Trinajstić information content (AvgIpc) is 1.73. The van der Waals surface area contributed by atoms with Crippen molar-refractivity contribution < 1.29 is 53.0 Å². The molecule has 2 aromatic carbocycles. The number of fused-ring (bicyclic) bond motifs is 1. The summed E-state index contributed by atoms with van der Waals surface area (Å²) in [5.74, 6) is -8.91. The molecular formula is C65H94ClN9O11. The molecule has 2 saturated heterocycles. The lowest BCUT2D eigenvalue weighted by Gasteiger charge is -2.39. The number of amides is 8. The smallest absolute Gasteiger partial charge is 0.332 e. The van der Waals surface area contributed by atoms with Gasteiger partial charge in [0.25, 0.3) is 5.91 Å². The Morgan fingerprint density at radius 2 is 1.15 bits per heavy atom. The fourth-order valence-corrected chi connectivity index (χ4v) is 11.8. The molecule has 0 spiro atoms. The largest absolute Gasteiger partial charge is 0.450 e. The molecule has 0 radical (unpaired) electrons. The Morgan fingerprint density at radius 3 is 1.67 bits per heavy atom. The molecular weight excluding hydrogens is 1120 g/mol. The molecule has 2 aliphatic rings. The van der Waals surface area contributed by atoms with Crippen molar-refractivity contribution in [2.75, 3.05) is 34.7 Å². The minimum atomic E-state index is -1.99. The number of halogens is 1. The standard InChI is InChI=1S/C65H94ClN9O11/c1-17-40(9)51-62(82)72(14)52(38(5)6)57(77)68-46(33-37(3)4)60(80)74(16)55(65(11,12)85)64(84)86-54(41(10)18-2)63(83)73(15)53(39(7)8)58(78)69-47(34-42-23-20-19-21-24-42)59(79)71(13)49(61(81)75-32-22-25-48(75)56(76)70-51)35-43-26-28-44(29-27-43)45-30-31-50(66)67-36-45/h19-21,23-24,26-31,36-41,46-49,51-55,85H,17-18,22,25,32-35H2,1-16H3,(H,68,77)(H,69,78)(H,70,76)/t40?,41?,46-,47-,48-,49-,51-,52-,53-,54+,55+/m0/s1. The van der Waals surface area contributed by atoms with Crippen LogP contribution >= 0.6 is 11.6 Å². The summed E-state index contributed by atoms with van der Waals surface area (Å²) >= 11 is 6.10. The maximum atomic E-state index is 15.6. The summed E-state index contributed by atoms with van der Waals surface area (Å²) < 4.78 is 6.12. The van der Waals surface area contributed by atoms with Crippen LogP contribution in [0.15, 0.2) is 72.9 Å². The maximum Gasteiger partial charge on any atom is 0.332 e.